The van der Waals surface area contributed by atoms with Gasteiger partial charge in [0.1, 0.15) is 23.7 Å². The summed E-state index contributed by atoms with van der Waals surface area (Å²) >= 11 is -0.388. The summed E-state index contributed by atoms with van der Waals surface area (Å²) in [5, 5.41) is 6.86. The minimum Gasteiger partial charge on any atom is -0.772 e. The van der Waals surface area contributed by atoms with Crippen molar-refractivity contribution in [3.8, 4) is 5.19 Å². The highest BCUT2D eigenvalue weighted by atomic mass is 32.2. The quantitative estimate of drug-likeness (QED) is 0.257. The molecule has 260 valence electrons. The van der Waals surface area contributed by atoms with E-state index in [1.807, 2.05) is 83.1 Å². The predicted octanol–water partition coefficient (Wildman–Crippen LogP) is 4.67. The number of nitrogens with two attached hydrogens (primary N) is 1. The number of carbonyl (C=O) groups excluding carboxylic acids is 3. The van der Waals surface area contributed by atoms with Crippen LogP contribution in [0, 0.1) is 18.3 Å². The number of hydrogen-bond acceptors (Lipinski definition) is 9. The van der Waals surface area contributed by atoms with E-state index in [-0.39, 0.29) is 35.4 Å². The number of para-hydroxylation sites is 1. The number of fused-ring (bicyclic) bond motifs is 1. The van der Waals surface area contributed by atoms with Gasteiger partial charge in [0.25, 0.3) is 5.19 Å². The number of nitrogens with zero attached hydrogens (tertiary/aromatic N) is 2. The molecule has 0 bridgehead atoms. The number of amides is 3. The smallest absolute Gasteiger partial charge is 0.274 e. The average Bonchev–Trinajstić information content (AvgIpc) is 3.84. The van der Waals surface area contributed by atoms with Crippen LogP contribution < -0.4 is 21.1 Å². The third kappa shape index (κ3) is 7.84. The van der Waals surface area contributed by atoms with Crippen molar-refractivity contribution in [1.29, 1.82) is 0 Å². The fourth-order valence-electron chi connectivity index (χ4n) is 6.12. The zero-order valence-electron chi connectivity index (χ0n) is 28.4. The maximum atomic E-state index is 14.3. The molecule has 1 saturated heterocycles. The highest BCUT2D eigenvalue weighted by molar-refractivity contribution is 7.81. The van der Waals surface area contributed by atoms with Gasteiger partial charge in [-0.25, -0.2) is 4.98 Å². The number of rotatable bonds is 10. The number of likely N-dealkylation sites (tertiary alicyclic amines) is 1. The Labute approximate surface area is 288 Å². The molecule has 6 atom stereocenters. The Morgan fingerprint density at radius 2 is 1.90 bits per heavy atom. The number of thiazole rings is 1. The van der Waals surface area contributed by atoms with Gasteiger partial charge >= 0.3 is 0 Å². The predicted molar refractivity (Wildman–Crippen MR) is 187 cm³/mol. The largest absolute Gasteiger partial charge is 0.772 e. The molecule has 1 aliphatic heterocycles. The van der Waals surface area contributed by atoms with Crippen molar-refractivity contribution in [2.24, 2.45) is 17.1 Å². The van der Waals surface area contributed by atoms with Crippen molar-refractivity contribution >= 4 is 56.0 Å². The van der Waals surface area contributed by atoms with Crippen LogP contribution in [0.25, 0.3) is 10.2 Å². The first-order valence-corrected chi connectivity index (χ1v) is 18.3. The number of aromatic nitrogens is 1. The summed E-state index contributed by atoms with van der Waals surface area (Å²) in [6.45, 7) is 11.9. The minimum atomic E-state index is -1.82. The number of carbonyl (C=O) groups is 3. The van der Waals surface area contributed by atoms with Crippen LogP contribution in [-0.2, 0) is 25.5 Å². The first kappa shape index (κ1) is 35.7. The van der Waals surface area contributed by atoms with Gasteiger partial charge in [-0.05, 0) is 85.4 Å². The van der Waals surface area contributed by atoms with Gasteiger partial charge in [-0.1, -0.05) is 69.7 Å². The van der Waals surface area contributed by atoms with Gasteiger partial charge < -0.3 is 30.6 Å². The van der Waals surface area contributed by atoms with E-state index in [1.165, 1.54) is 11.3 Å². The monoisotopic (exact) mass is 696 g/mol. The van der Waals surface area contributed by atoms with Gasteiger partial charge in [-0.15, -0.1) is 0 Å². The van der Waals surface area contributed by atoms with Crippen molar-refractivity contribution in [3.63, 3.8) is 0 Å². The van der Waals surface area contributed by atoms with Crippen LogP contribution >= 0.6 is 11.3 Å². The number of nitrogens with one attached hydrogen (secondary N) is 2. The first-order valence-electron chi connectivity index (χ1n) is 16.4. The molecule has 2 aromatic carbocycles. The van der Waals surface area contributed by atoms with Crippen LogP contribution in [0.5, 0.6) is 5.19 Å². The standard InChI is InChI=1S/C31H39N5O4S.C4H8O2S/c1-6-19-16-31(19,28(32)39)35-26(37)23-15-21(40-29-34-22-12-7-8-13-24(22)41-29)17-36(23)27(38)25(30(3,4)5)33-20-11-9-10-18(2)14-20;1-4(2-3-4)7(5)6/h7-14,19,21,23,25,33H,6,15-17H2,1-5H3,(H2,32,39)(H,35,37);2-3H2,1H3,(H,5,6)/p-1/t19-,21-,23+,25-,31-;/m1./s1. The van der Waals surface area contributed by atoms with Crippen LogP contribution in [-0.4, -0.2) is 71.4 Å². The van der Waals surface area contributed by atoms with E-state index in [0.29, 0.717) is 11.6 Å². The second-order valence-electron chi connectivity index (χ2n) is 14.6. The lowest BCUT2D eigenvalue weighted by atomic mass is 9.85. The summed E-state index contributed by atoms with van der Waals surface area (Å²) < 4.78 is 27.1. The highest BCUT2D eigenvalue weighted by Crippen LogP contribution is 2.46. The molecule has 2 heterocycles. The molecule has 6 rings (SSSR count). The lowest BCUT2D eigenvalue weighted by Gasteiger charge is -2.36. The molecule has 48 heavy (non-hydrogen) atoms. The third-order valence-corrected chi connectivity index (χ3v) is 11.7. The van der Waals surface area contributed by atoms with E-state index in [2.05, 4.69) is 15.6 Å². The molecule has 4 N–H and O–H groups in total. The lowest BCUT2D eigenvalue weighted by molar-refractivity contribution is -0.141. The Bertz CT molecular complexity index is 1670. The van der Waals surface area contributed by atoms with E-state index >= 15 is 0 Å². The zero-order valence-corrected chi connectivity index (χ0v) is 30.0. The molecule has 2 aliphatic carbocycles. The third-order valence-electron chi connectivity index (χ3n) is 9.57. The van der Waals surface area contributed by atoms with E-state index < -0.39 is 46.1 Å². The normalized spacial score (nSPS) is 25.3. The highest BCUT2D eigenvalue weighted by Gasteiger charge is 2.60. The second-order valence-corrected chi connectivity index (χ2v) is 17.0. The van der Waals surface area contributed by atoms with Crippen molar-refractivity contribution in [2.75, 3.05) is 11.9 Å². The Balaban J connectivity index is 0.000000572. The number of primary amides is 1. The maximum absolute atomic E-state index is 14.3. The lowest BCUT2D eigenvalue weighted by Crippen LogP contribution is -2.57. The molecule has 3 fully saturated rings. The number of aryl methyl sites for hydroxylation is 1. The molecule has 3 aromatic rings. The number of anilines is 1. The average molecular weight is 697 g/mol. The Morgan fingerprint density at radius 1 is 1.19 bits per heavy atom. The summed E-state index contributed by atoms with van der Waals surface area (Å²) in [5.74, 6) is -1.13. The van der Waals surface area contributed by atoms with Crippen molar-refractivity contribution in [3.05, 3.63) is 54.1 Å². The van der Waals surface area contributed by atoms with Crippen molar-refractivity contribution < 1.29 is 27.9 Å². The van der Waals surface area contributed by atoms with Gasteiger partial charge in [0.05, 0.1) is 16.8 Å². The van der Waals surface area contributed by atoms with Gasteiger partial charge in [-0.2, -0.15) is 0 Å². The summed E-state index contributed by atoms with van der Waals surface area (Å²) in [5.41, 5.74) is 6.95. The topological polar surface area (TPSA) is 167 Å². The molecule has 1 aromatic heterocycles. The molecule has 1 unspecified atom stereocenters. The second kappa shape index (κ2) is 13.8. The van der Waals surface area contributed by atoms with Crippen LogP contribution in [0.4, 0.5) is 5.69 Å². The zero-order chi connectivity index (χ0) is 35.0. The number of benzene rings is 2. The molecule has 11 nitrogen and oxygen atoms in total. The van der Waals surface area contributed by atoms with Gasteiger partial charge in [0, 0.05) is 16.9 Å². The number of hydrogen-bond donors (Lipinski definition) is 3. The van der Waals surface area contributed by atoms with Crippen LogP contribution in [0.1, 0.15) is 72.3 Å². The molecule has 13 heteroatoms. The van der Waals surface area contributed by atoms with E-state index in [4.69, 9.17) is 10.5 Å². The van der Waals surface area contributed by atoms with E-state index in [9.17, 15) is 23.1 Å². The van der Waals surface area contributed by atoms with Crippen LogP contribution in [0.2, 0.25) is 0 Å². The maximum Gasteiger partial charge on any atom is 0.274 e. The number of ether oxygens (including phenoxy) is 1. The molecule has 3 amide bonds. The van der Waals surface area contributed by atoms with Crippen LogP contribution in [0.3, 0.4) is 0 Å². The molecular weight excluding hydrogens is 651 g/mol. The fourth-order valence-corrected chi connectivity index (χ4v) is 7.44. The minimum absolute atomic E-state index is 0.00499. The van der Waals surface area contributed by atoms with E-state index in [0.717, 1.165) is 40.7 Å². The SMILES string of the molecule is CC1(S(=O)[O-])CC1.CC[C@@H]1C[C@]1(NC(=O)[C@@H]1C[C@@H](Oc2nc3ccccc3s2)CN1C(=O)[C@@H](Nc1cccc(C)c1)C(C)(C)C)C(N)=O. The molecule has 0 radical (unpaired) electrons. The summed E-state index contributed by atoms with van der Waals surface area (Å²) in [6.07, 6.45) is 2.77. The molecule has 2 saturated carbocycles. The Morgan fingerprint density at radius 3 is 2.44 bits per heavy atom. The fraction of sp³-hybridized carbons (Fsp3) is 0.543. The first-order chi connectivity index (χ1) is 22.6. The molecule has 3 aliphatic rings. The van der Waals surface area contributed by atoms with Crippen molar-refractivity contribution in [1.82, 2.24) is 15.2 Å². The summed E-state index contributed by atoms with van der Waals surface area (Å²) in [7, 11) is 0. The van der Waals surface area contributed by atoms with Gasteiger partial charge in [-0.3, -0.25) is 18.6 Å². The Hall–Kier alpha value is -3.55. The van der Waals surface area contributed by atoms with Crippen LogP contribution in [0.15, 0.2) is 48.5 Å². The van der Waals surface area contributed by atoms with Gasteiger partial charge in [0.15, 0.2) is 0 Å². The van der Waals surface area contributed by atoms with Gasteiger partial charge in [0.2, 0.25) is 17.7 Å². The van der Waals surface area contributed by atoms with E-state index in [1.54, 1.807) is 11.8 Å². The molecule has 0 spiro atoms. The summed E-state index contributed by atoms with van der Waals surface area (Å²) in [4.78, 5) is 46.6. The van der Waals surface area contributed by atoms with Crippen molar-refractivity contribution in [2.45, 2.75) is 102 Å². The Kier molecular flexibility index (Phi) is 10.2. The summed E-state index contributed by atoms with van der Waals surface area (Å²) in [6, 6.07) is 14.2. The molecular formula is C35H46N5O6S2-.